The number of carbonyl (C=O) groups excluding carboxylic acids is 2. The van der Waals surface area contributed by atoms with Crippen molar-refractivity contribution < 1.29 is 14.0 Å². The Labute approximate surface area is 170 Å². The maximum Gasteiger partial charge on any atom is 0.234 e. The molecule has 0 aliphatic carbocycles. The number of tetrazole rings is 1. The van der Waals surface area contributed by atoms with Gasteiger partial charge < -0.3 is 10.6 Å². The lowest BCUT2D eigenvalue weighted by Crippen LogP contribution is -2.19. The molecule has 8 nitrogen and oxygen atoms in total. The lowest BCUT2D eigenvalue weighted by molar-refractivity contribution is -0.114. The minimum Gasteiger partial charge on any atom is -0.325 e. The molecule has 0 unspecified atom stereocenters. The Morgan fingerprint density at radius 2 is 1.72 bits per heavy atom. The molecule has 0 saturated heterocycles. The zero-order valence-electron chi connectivity index (χ0n) is 15.8. The summed E-state index contributed by atoms with van der Waals surface area (Å²) in [6.07, 6.45) is 0. The van der Waals surface area contributed by atoms with Crippen molar-refractivity contribution in [3.63, 3.8) is 0 Å². The van der Waals surface area contributed by atoms with Gasteiger partial charge in [-0.2, -0.15) is 4.68 Å². The van der Waals surface area contributed by atoms with Gasteiger partial charge in [-0.05, 0) is 54.6 Å². The number of halogens is 1. The van der Waals surface area contributed by atoms with Crippen LogP contribution in [0.5, 0.6) is 0 Å². The molecule has 2 aromatic carbocycles. The Balaban J connectivity index is 1.51. The monoisotopic (exact) mass is 414 g/mol. The van der Waals surface area contributed by atoms with Crippen LogP contribution in [0, 0.1) is 19.7 Å². The normalized spacial score (nSPS) is 10.6. The Hall–Kier alpha value is -3.27. The molecule has 3 rings (SSSR count). The number of carbonyl (C=O) groups is 2. The van der Waals surface area contributed by atoms with Gasteiger partial charge in [-0.15, -0.1) is 16.9 Å². The molecule has 10 heteroatoms. The fraction of sp³-hybridized carbons (Fsp3) is 0.211. The van der Waals surface area contributed by atoms with Crippen LogP contribution in [0.3, 0.4) is 0 Å². The predicted octanol–water partition coefficient (Wildman–Crippen LogP) is 2.73. The first kappa shape index (κ1) is 20.5. The van der Waals surface area contributed by atoms with Gasteiger partial charge in [0.05, 0.1) is 22.9 Å². The van der Waals surface area contributed by atoms with E-state index in [1.165, 1.54) is 22.9 Å². The fourth-order valence-electron chi connectivity index (χ4n) is 2.47. The summed E-state index contributed by atoms with van der Waals surface area (Å²) in [6, 6.07) is 11.6. The molecule has 0 aliphatic heterocycles. The second-order valence-corrected chi connectivity index (χ2v) is 7.24. The average Bonchev–Trinajstić information content (AvgIpc) is 3.11. The maximum atomic E-state index is 14.0. The highest BCUT2D eigenvalue weighted by molar-refractivity contribution is 8.00. The van der Waals surface area contributed by atoms with Crippen molar-refractivity contribution in [1.29, 1.82) is 0 Å². The molecule has 0 saturated carbocycles. The second kappa shape index (κ2) is 9.28. The number of hydrogen-bond acceptors (Lipinski definition) is 6. The van der Waals surface area contributed by atoms with Gasteiger partial charge in [0.25, 0.3) is 0 Å². The molecule has 0 radical (unpaired) electrons. The number of thioether (sulfide) groups is 1. The summed E-state index contributed by atoms with van der Waals surface area (Å²) < 4.78 is 15.5. The third kappa shape index (κ3) is 5.61. The van der Waals surface area contributed by atoms with E-state index in [1.54, 1.807) is 6.92 Å². The third-order valence-electron chi connectivity index (χ3n) is 3.90. The van der Waals surface area contributed by atoms with Crippen LogP contribution in [-0.4, -0.2) is 43.5 Å². The van der Waals surface area contributed by atoms with Crippen LogP contribution in [-0.2, 0) is 9.59 Å². The summed E-state index contributed by atoms with van der Waals surface area (Å²) >= 11 is 1.14. The van der Waals surface area contributed by atoms with Gasteiger partial charge in [0, 0.05) is 5.69 Å². The van der Waals surface area contributed by atoms with Crippen LogP contribution in [0.4, 0.5) is 15.8 Å². The Morgan fingerprint density at radius 1 is 1.03 bits per heavy atom. The van der Waals surface area contributed by atoms with Crippen molar-refractivity contribution in [1.82, 2.24) is 20.2 Å². The van der Waals surface area contributed by atoms with Gasteiger partial charge >= 0.3 is 0 Å². The van der Waals surface area contributed by atoms with E-state index in [4.69, 9.17) is 0 Å². The molecule has 0 aliphatic rings. The fourth-order valence-corrected chi connectivity index (χ4v) is 3.08. The molecule has 29 heavy (non-hydrogen) atoms. The van der Waals surface area contributed by atoms with Gasteiger partial charge in [-0.25, -0.2) is 4.39 Å². The Kier molecular flexibility index (Phi) is 6.55. The van der Waals surface area contributed by atoms with Gasteiger partial charge in [0.2, 0.25) is 11.8 Å². The molecule has 0 fully saturated rings. The van der Waals surface area contributed by atoms with E-state index >= 15 is 0 Å². The smallest absolute Gasteiger partial charge is 0.234 e. The second-order valence-electron chi connectivity index (χ2n) is 6.26. The molecule has 150 valence electrons. The lowest BCUT2D eigenvalue weighted by atomic mass is 10.2. The predicted molar refractivity (Wildman–Crippen MR) is 110 cm³/mol. The molecule has 1 aromatic heterocycles. The summed E-state index contributed by atoms with van der Waals surface area (Å²) in [4.78, 5) is 24.1. The summed E-state index contributed by atoms with van der Waals surface area (Å²) in [5, 5.41) is 16.4. The number of nitrogens with zero attached hydrogens (tertiary/aromatic N) is 4. The van der Waals surface area contributed by atoms with Gasteiger partial charge in [-0.3, -0.25) is 9.59 Å². The largest absolute Gasteiger partial charge is 0.325 e. The van der Waals surface area contributed by atoms with Crippen LogP contribution in [0.25, 0.3) is 5.69 Å². The van der Waals surface area contributed by atoms with Gasteiger partial charge in [-0.1, -0.05) is 17.7 Å². The van der Waals surface area contributed by atoms with Crippen molar-refractivity contribution in [2.75, 3.05) is 22.1 Å². The molecule has 0 atom stereocenters. The third-order valence-corrected chi connectivity index (χ3v) is 4.83. The average molecular weight is 414 g/mol. The Bertz CT molecular complexity index is 1020. The zero-order chi connectivity index (χ0) is 20.8. The van der Waals surface area contributed by atoms with E-state index in [0.29, 0.717) is 17.2 Å². The van der Waals surface area contributed by atoms with Crippen LogP contribution in [0.2, 0.25) is 0 Å². The number of aromatic nitrogens is 4. The van der Waals surface area contributed by atoms with Crippen molar-refractivity contribution in [3.05, 3.63) is 59.7 Å². The molecule has 3 aromatic rings. The number of rotatable bonds is 7. The van der Waals surface area contributed by atoms with Gasteiger partial charge in [0.15, 0.2) is 5.82 Å². The molecule has 0 bridgehead atoms. The quantitative estimate of drug-likeness (QED) is 0.616. The van der Waals surface area contributed by atoms with E-state index in [9.17, 15) is 14.0 Å². The van der Waals surface area contributed by atoms with Crippen LogP contribution in [0.1, 0.15) is 11.4 Å². The first-order valence-corrected chi connectivity index (χ1v) is 9.87. The molecular weight excluding hydrogens is 395 g/mol. The molecule has 0 spiro atoms. The summed E-state index contributed by atoms with van der Waals surface area (Å²) in [5.41, 5.74) is 2.34. The SMILES string of the molecule is Cc1ccc(NC(=O)CSCC(=O)Nc2cc(-n3nnnc3C)ccc2F)cc1. The number of benzene rings is 2. The number of amides is 2. The van der Waals surface area contributed by atoms with Gasteiger partial charge in [0.1, 0.15) is 5.82 Å². The van der Waals surface area contributed by atoms with Crippen molar-refractivity contribution in [2.24, 2.45) is 0 Å². The summed E-state index contributed by atoms with van der Waals surface area (Å²) in [5.74, 6) is -0.557. The molecule has 2 N–H and O–H groups in total. The van der Waals surface area contributed by atoms with Crippen LogP contribution < -0.4 is 10.6 Å². The highest BCUT2D eigenvalue weighted by Crippen LogP contribution is 2.19. The van der Waals surface area contributed by atoms with Crippen molar-refractivity contribution >= 4 is 35.0 Å². The van der Waals surface area contributed by atoms with Crippen LogP contribution in [0.15, 0.2) is 42.5 Å². The minimum absolute atomic E-state index is 0.00882. The van der Waals surface area contributed by atoms with E-state index in [-0.39, 0.29) is 23.1 Å². The van der Waals surface area contributed by atoms with Crippen LogP contribution >= 0.6 is 11.8 Å². The lowest BCUT2D eigenvalue weighted by Gasteiger charge is -2.09. The maximum absolute atomic E-state index is 14.0. The van der Waals surface area contributed by atoms with Crippen molar-refractivity contribution in [2.45, 2.75) is 13.8 Å². The van der Waals surface area contributed by atoms with Crippen molar-refractivity contribution in [3.8, 4) is 5.69 Å². The number of anilines is 2. The molecule has 1 heterocycles. The first-order chi connectivity index (χ1) is 13.9. The van der Waals surface area contributed by atoms with E-state index in [1.807, 2.05) is 31.2 Å². The summed E-state index contributed by atoms with van der Waals surface area (Å²) in [7, 11) is 0. The number of aryl methyl sites for hydroxylation is 2. The zero-order valence-corrected chi connectivity index (χ0v) is 16.7. The van der Waals surface area contributed by atoms with E-state index in [2.05, 4.69) is 26.2 Å². The number of hydrogen-bond donors (Lipinski definition) is 2. The Morgan fingerprint density at radius 3 is 2.38 bits per heavy atom. The molecular formula is C19H19FN6O2S. The summed E-state index contributed by atoms with van der Waals surface area (Å²) in [6.45, 7) is 3.67. The topological polar surface area (TPSA) is 102 Å². The highest BCUT2D eigenvalue weighted by Gasteiger charge is 2.12. The van der Waals surface area contributed by atoms with E-state index < -0.39 is 11.7 Å². The highest BCUT2D eigenvalue weighted by atomic mass is 32.2. The minimum atomic E-state index is -0.574. The first-order valence-electron chi connectivity index (χ1n) is 8.71. The van der Waals surface area contributed by atoms with E-state index in [0.717, 1.165) is 17.3 Å². The standard InChI is InChI=1S/C19H19FN6O2S/c1-12-3-5-14(6-4-12)21-18(27)10-29-11-19(28)22-17-9-15(7-8-16(17)20)26-13(2)23-24-25-26/h3-9H,10-11H2,1-2H3,(H,21,27)(H,22,28). The molecule has 2 amide bonds. The number of nitrogens with one attached hydrogen (secondary N) is 2.